The molecular weight excluding hydrogens is 398 g/mol. The molecule has 6 heteroatoms. The summed E-state index contributed by atoms with van der Waals surface area (Å²) < 4.78 is 0. The highest BCUT2D eigenvalue weighted by molar-refractivity contribution is 5.94. The zero-order chi connectivity index (χ0) is 22.2. The van der Waals surface area contributed by atoms with Crippen LogP contribution in [0.25, 0.3) is 0 Å². The summed E-state index contributed by atoms with van der Waals surface area (Å²) >= 11 is 0. The minimum atomic E-state index is 0.0927. The third-order valence-corrected chi connectivity index (χ3v) is 7.47. The first-order valence-corrected chi connectivity index (χ1v) is 12.3. The quantitative estimate of drug-likeness (QED) is 0.727. The van der Waals surface area contributed by atoms with Crippen LogP contribution in [0.5, 0.6) is 0 Å². The van der Waals surface area contributed by atoms with Crippen molar-refractivity contribution in [3.8, 4) is 0 Å². The van der Waals surface area contributed by atoms with Gasteiger partial charge in [-0.1, -0.05) is 19.8 Å². The fourth-order valence-electron chi connectivity index (χ4n) is 5.71. The SMILES string of the molecule is CC(=O)N1c2ccc(N3CCCCCC3)cc2[C@H](Nc2cnc(C)cn2)[C@@H](C)[C@@H]1C1CC1. The lowest BCUT2D eigenvalue weighted by Crippen LogP contribution is -2.51. The molecule has 3 atom stereocenters. The average Bonchev–Trinajstić information content (AvgIpc) is 3.63. The average molecular weight is 434 g/mol. The molecule has 1 aromatic heterocycles. The highest BCUT2D eigenvalue weighted by atomic mass is 16.2. The number of amides is 1. The number of rotatable bonds is 4. The molecule has 1 saturated carbocycles. The van der Waals surface area contributed by atoms with Gasteiger partial charge in [-0.2, -0.15) is 0 Å². The van der Waals surface area contributed by atoms with E-state index in [1.807, 2.05) is 19.3 Å². The first kappa shape index (κ1) is 21.2. The van der Waals surface area contributed by atoms with Gasteiger partial charge in [-0.3, -0.25) is 9.78 Å². The molecule has 0 unspecified atom stereocenters. The van der Waals surface area contributed by atoms with Crippen LogP contribution in [0.3, 0.4) is 0 Å². The number of hydrogen-bond acceptors (Lipinski definition) is 5. The van der Waals surface area contributed by atoms with Crippen molar-refractivity contribution in [2.75, 3.05) is 28.2 Å². The number of carbonyl (C=O) groups is 1. The maximum absolute atomic E-state index is 12.9. The van der Waals surface area contributed by atoms with Gasteiger partial charge in [0.15, 0.2) is 0 Å². The van der Waals surface area contributed by atoms with E-state index in [1.54, 1.807) is 6.92 Å². The molecule has 2 aromatic rings. The maximum atomic E-state index is 12.9. The maximum Gasteiger partial charge on any atom is 0.224 e. The molecule has 6 nitrogen and oxygen atoms in total. The van der Waals surface area contributed by atoms with Gasteiger partial charge < -0.3 is 15.1 Å². The Kier molecular flexibility index (Phi) is 5.78. The lowest BCUT2D eigenvalue weighted by atomic mass is 9.79. The number of anilines is 3. The fraction of sp³-hybridized carbons (Fsp3) is 0.577. The Morgan fingerprint density at radius 3 is 2.44 bits per heavy atom. The van der Waals surface area contributed by atoms with Crippen LogP contribution < -0.4 is 15.1 Å². The molecule has 1 amide bonds. The van der Waals surface area contributed by atoms with Crippen molar-refractivity contribution in [1.82, 2.24) is 9.97 Å². The summed E-state index contributed by atoms with van der Waals surface area (Å²) in [6.45, 7) is 8.18. The number of hydrogen-bond donors (Lipinski definition) is 1. The van der Waals surface area contributed by atoms with E-state index in [4.69, 9.17) is 0 Å². The molecule has 2 fully saturated rings. The summed E-state index contributed by atoms with van der Waals surface area (Å²) in [5.41, 5.74) is 4.44. The van der Waals surface area contributed by atoms with E-state index in [2.05, 4.69) is 50.2 Å². The van der Waals surface area contributed by atoms with Crippen LogP contribution in [0.4, 0.5) is 17.2 Å². The van der Waals surface area contributed by atoms with E-state index in [9.17, 15) is 4.79 Å². The zero-order valence-electron chi connectivity index (χ0n) is 19.6. The van der Waals surface area contributed by atoms with Crippen LogP contribution in [-0.4, -0.2) is 35.0 Å². The van der Waals surface area contributed by atoms with Gasteiger partial charge in [-0.25, -0.2) is 4.98 Å². The zero-order valence-corrected chi connectivity index (χ0v) is 19.6. The van der Waals surface area contributed by atoms with E-state index in [0.717, 1.165) is 30.3 Å². The van der Waals surface area contributed by atoms with Crippen molar-refractivity contribution >= 4 is 23.1 Å². The molecule has 1 N–H and O–H groups in total. The van der Waals surface area contributed by atoms with Crippen molar-refractivity contribution in [3.63, 3.8) is 0 Å². The molecule has 2 aliphatic heterocycles. The normalized spacial score (nSPS) is 25.8. The third kappa shape index (κ3) is 4.07. The number of aryl methyl sites for hydroxylation is 1. The van der Waals surface area contributed by atoms with E-state index in [1.165, 1.54) is 49.8 Å². The molecule has 1 aromatic carbocycles. The number of nitrogens with zero attached hydrogens (tertiary/aromatic N) is 4. The molecule has 170 valence electrons. The smallest absolute Gasteiger partial charge is 0.224 e. The molecular formula is C26H35N5O. The van der Waals surface area contributed by atoms with E-state index < -0.39 is 0 Å². The van der Waals surface area contributed by atoms with E-state index in [-0.39, 0.29) is 23.9 Å². The van der Waals surface area contributed by atoms with E-state index >= 15 is 0 Å². The van der Waals surface area contributed by atoms with Crippen molar-refractivity contribution in [2.24, 2.45) is 11.8 Å². The second kappa shape index (κ2) is 8.72. The predicted octanol–water partition coefficient (Wildman–Crippen LogP) is 5.10. The monoisotopic (exact) mass is 433 g/mol. The highest BCUT2D eigenvalue weighted by Gasteiger charge is 2.47. The van der Waals surface area contributed by atoms with Crippen molar-refractivity contribution < 1.29 is 4.79 Å². The number of carbonyl (C=O) groups excluding carboxylic acids is 1. The van der Waals surface area contributed by atoms with Crippen LogP contribution in [-0.2, 0) is 4.79 Å². The molecule has 3 heterocycles. The minimum Gasteiger partial charge on any atom is -0.372 e. The molecule has 1 aliphatic carbocycles. The van der Waals surface area contributed by atoms with Gasteiger partial charge in [0.05, 0.1) is 24.1 Å². The molecule has 1 saturated heterocycles. The Hall–Kier alpha value is -2.63. The second-order valence-corrected chi connectivity index (χ2v) is 9.89. The Morgan fingerprint density at radius 2 is 1.81 bits per heavy atom. The summed E-state index contributed by atoms with van der Waals surface area (Å²) in [7, 11) is 0. The van der Waals surface area contributed by atoms with Crippen LogP contribution >= 0.6 is 0 Å². The lowest BCUT2D eigenvalue weighted by molar-refractivity contribution is -0.117. The standard InChI is InChI=1S/C26H35N5O/c1-17-15-28-24(16-27-17)29-25-18(2)26(20-8-9-20)31(19(3)32)23-11-10-21(14-22(23)25)30-12-6-4-5-7-13-30/h10-11,14-16,18,20,25-26H,4-9,12-13H2,1-3H3,(H,28,29)/t18-,25-,26-/m1/s1. The van der Waals surface area contributed by atoms with Gasteiger partial charge in [0, 0.05) is 48.9 Å². The Morgan fingerprint density at radius 1 is 1.06 bits per heavy atom. The van der Waals surface area contributed by atoms with E-state index in [0.29, 0.717) is 5.92 Å². The minimum absolute atomic E-state index is 0.0927. The Labute approximate surface area is 191 Å². The van der Waals surface area contributed by atoms with Gasteiger partial charge in [-0.05, 0) is 56.7 Å². The topological polar surface area (TPSA) is 61.4 Å². The van der Waals surface area contributed by atoms with Crippen molar-refractivity contribution in [3.05, 3.63) is 41.9 Å². The van der Waals surface area contributed by atoms with Crippen molar-refractivity contribution in [1.29, 1.82) is 0 Å². The summed E-state index contributed by atoms with van der Waals surface area (Å²) in [6.07, 6.45) is 11.2. The third-order valence-electron chi connectivity index (χ3n) is 7.47. The van der Waals surface area contributed by atoms with Gasteiger partial charge in [0.25, 0.3) is 0 Å². The van der Waals surface area contributed by atoms with Crippen LogP contribution in [0.2, 0.25) is 0 Å². The van der Waals surface area contributed by atoms with Gasteiger partial charge in [0.1, 0.15) is 5.82 Å². The summed E-state index contributed by atoms with van der Waals surface area (Å²) in [5.74, 6) is 1.80. The van der Waals surface area contributed by atoms with Crippen LogP contribution in [0.1, 0.15) is 69.7 Å². The summed E-state index contributed by atoms with van der Waals surface area (Å²) in [5, 5.41) is 3.70. The number of nitrogens with one attached hydrogen (secondary N) is 1. The summed E-state index contributed by atoms with van der Waals surface area (Å²) in [6, 6.07) is 7.06. The summed E-state index contributed by atoms with van der Waals surface area (Å²) in [4.78, 5) is 26.5. The number of aromatic nitrogens is 2. The lowest BCUT2D eigenvalue weighted by Gasteiger charge is -2.46. The Balaban J connectivity index is 1.57. The predicted molar refractivity (Wildman–Crippen MR) is 129 cm³/mol. The van der Waals surface area contributed by atoms with Crippen LogP contribution in [0.15, 0.2) is 30.6 Å². The molecule has 3 aliphatic rings. The number of benzene rings is 1. The fourth-order valence-corrected chi connectivity index (χ4v) is 5.71. The second-order valence-electron chi connectivity index (χ2n) is 9.89. The van der Waals surface area contributed by atoms with Gasteiger partial charge >= 0.3 is 0 Å². The highest BCUT2D eigenvalue weighted by Crippen LogP contribution is 2.50. The van der Waals surface area contributed by atoms with Crippen LogP contribution in [0, 0.1) is 18.8 Å². The van der Waals surface area contributed by atoms with Crippen molar-refractivity contribution in [2.45, 2.75) is 71.4 Å². The molecule has 0 spiro atoms. The largest absolute Gasteiger partial charge is 0.372 e. The first-order chi connectivity index (χ1) is 15.5. The molecule has 0 bridgehead atoms. The molecule has 0 radical (unpaired) electrons. The first-order valence-electron chi connectivity index (χ1n) is 12.3. The molecule has 32 heavy (non-hydrogen) atoms. The number of fused-ring (bicyclic) bond motifs is 1. The van der Waals surface area contributed by atoms with Gasteiger partial charge in [0.2, 0.25) is 5.91 Å². The van der Waals surface area contributed by atoms with Gasteiger partial charge in [-0.15, -0.1) is 0 Å². The molecule has 5 rings (SSSR count). The Bertz CT molecular complexity index is 963.